The number of aryl methyl sites for hydroxylation is 1. The van der Waals surface area contributed by atoms with E-state index in [1.165, 1.54) is 0 Å². The molecule has 2 aromatic rings. The number of nitrogen functional groups attached to an aromatic ring is 1. The van der Waals surface area contributed by atoms with Gasteiger partial charge in [0, 0.05) is 10.1 Å². The van der Waals surface area contributed by atoms with Crippen LogP contribution in [-0.2, 0) is 0 Å². The molecule has 1 aromatic carbocycles. The third-order valence-electron chi connectivity index (χ3n) is 1.96. The highest BCUT2D eigenvalue weighted by Gasteiger charge is 2.05. The average Bonchev–Trinajstić information content (AvgIpc) is 2.31. The van der Waals surface area contributed by atoms with Gasteiger partial charge in [0.05, 0.1) is 5.00 Å². The molecular formula is C9H9NOS. The van der Waals surface area contributed by atoms with Crippen molar-refractivity contribution < 1.29 is 5.11 Å². The van der Waals surface area contributed by atoms with Crippen molar-refractivity contribution in [2.45, 2.75) is 6.92 Å². The lowest BCUT2D eigenvalue weighted by molar-refractivity contribution is 0.476. The summed E-state index contributed by atoms with van der Waals surface area (Å²) in [5.74, 6) is 0.295. The van der Waals surface area contributed by atoms with Crippen LogP contribution >= 0.6 is 11.3 Å². The largest absolute Gasteiger partial charge is 0.508 e. The van der Waals surface area contributed by atoms with E-state index in [0.717, 1.165) is 20.7 Å². The molecule has 0 aliphatic heterocycles. The molecule has 0 spiro atoms. The zero-order chi connectivity index (χ0) is 8.72. The first-order valence-corrected chi connectivity index (χ1v) is 4.48. The van der Waals surface area contributed by atoms with E-state index < -0.39 is 0 Å². The predicted molar refractivity (Wildman–Crippen MR) is 52.6 cm³/mol. The quantitative estimate of drug-likeness (QED) is 0.652. The lowest BCUT2D eigenvalue weighted by atomic mass is 10.2. The Kier molecular flexibility index (Phi) is 1.48. The number of rotatable bonds is 0. The molecule has 0 saturated heterocycles. The Hall–Kier alpha value is -1.22. The Balaban J connectivity index is 2.88. The van der Waals surface area contributed by atoms with Crippen LogP contribution in [0.15, 0.2) is 18.2 Å². The number of thiophene rings is 1. The average molecular weight is 179 g/mol. The summed E-state index contributed by atoms with van der Waals surface area (Å²) < 4.78 is 1.13. The third kappa shape index (κ3) is 0.940. The van der Waals surface area contributed by atoms with Crippen molar-refractivity contribution in [3.63, 3.8) is 0 Å². The molecule has 0 radical (unpaired) electrons. The van der Waals surface area contributed by atoms with Crippen LogP contribution in [0.3, 0.4) is 0 Å². The minimum Gasteiger partial charge on any atom is -0.508 e. The molecule has 0 fully saturated rings. The maximum absolute atomic E-state index is 9.23. The SMILES string of the molecule is Cc1c(N)sc2ccc(O)cc12. The Labute approximate surface area is 74.3 Å². The van der Waals surface area contributed by atoms with Crippen LogP contribution in [0.1, 0.15) is 5.56 Å². The van der Waals surface area contributed by atoms with E-state index in [1.54, 1.807) is 23.5 Å². The summed E-state index contributed by atoms with van der Waals surface area (Å²) in [5, 5.41) is 11.1. The highest BCUT2D eigenvalue weighted by atomic mass is 32.1. The number of anilines is 1. The van der Waals surface area contributed by atoms with Crippen LogP contribution in [0.5, 0.6) is 5.75 Å². The van der Waals surface area contributed by atoms with Gasteiger partial charge in [-0.3, -0.25) is 0 Å². The fourth-order valence-corrected chi connectivity index (χ4v) is 2.19. The standard InChI is InChI=1S/C9H9NOS/c1-5-7-4-6(11)2-3-8(7)12-9(5)10/h2-4,11H,10H2,1H3. The van der Waals surface area contributed by atoms with E-state index in [4.69, 9.17) is 5.73 Å². The Morgan fingerprint density at radius 3 is 2.92 bits per heavy atom. The molecule has 2 nitrogen and oxygen atoms in total. The summed E-state index contributed by atoms with van der Waals surface area (Å²) in [5.41, 5.74) is 6.80. The second kappa shape index (κ2) is 2.38. The summed E-state index contributed by atoms with van der Waals surface area (Å²) in [6, 6.07) is 5.31. The highest BCUT2D eigenvalue weighted by molar-refractivity contribution is 7.22. The van der Waals surface area contributed by atoms with Crippen molar-refractivity contribution in [2.75, 3.05) is 5.73 Å². The van der Waals surface area contributed by atoms with E-state index in [-0.39, 0.29) is 0 Å². The van der Waals surface area contributed by atoms with Gasteiger partial charge in [-0.05, 0) is 30.7 Å². The molecule has 0 unspecified atom stereocenters. The second-order valence-electron chi connectivity index (χ2n) is 2.77. The second-order valence-corrected chi connectivity index (χ2v) is 3.86. The lowest BCUT2D eigenvalue weighted by Gasteiger charge is -1.92. The number of aromatic hydroxyl groups is 1. The first-order chi connectivity index (χ1) is 5.68. The Morgan fingerprint density at radius 1 is 1.42 bits per heavy atom. The summed E-state index contributed by atoms with van der Waals surface area (Å²) in [6.07, 6.45) is 0. The molecule has 0 bridgehead atoms. The van der Waals surface area contributed by atoms with Gasteiger partial charge in [0.15, 0.2) is 0 Å². The van der Waals surface area contributed by atoms with E-state index in [0.29, 0.717) is 5.75 Å². The molecule has 12 heavy (non-hydrogen) atoms. The smallest absolute Gasteiger partial charge is 0.116 e. The number of phenols is 1. The molecule has 1 aromatic heterocycles. The number of hydrogen-bond acceptors (Lipinski definition) is 3. The molecule has 2 rings (SSSR count). The molecule has 0 atom stereocenters. The molecule has 3 N–H and O–H groups in total. The van der Waals surface area contributed by atoms with Gasteiger partial charge < -0.3 is 10.8 Å². The van der Waals surface area contributed by atoms with Gasteiger partial charge in [-0.15, -0.1) is 11.3 Å². The maximum atomic E-state index is 9.23. The minimum absolute atomic E-state index is 0.295. The van der Waals surface area contributed by atoms with Crippen LogP contribution in [0.4, 0.5) is 5.00 Å². The normalized spacial score (nSPS) is 10.8. The van der Waals surface area contributed by atoms with Crippen LogP contribution in [0.25, 0.3) is 10.1 Å². The van der Waals surface area contributed by atoms with E-state index in [2.05, 4.69) is 0 Å². The molecular weight excluding hydrogens is 170 g/mol. The fraction of sp³-hybridized carbons (Fsp3) is 0.111. The van der Waals surface area contributed by atoms with E-state index in [9.17, 15) is 5.11 Å². The highest BCUT2D eigenvalue weighted by Crippen LogP contribution is 2.34. The van der Waals surface area contributed by atoms with Gasteiger partial charge in [0.25, 0.3) is 0 Å². The van der Waals surface area contributed by atoms with Gasteiger partial charge in [-0.25, -0.2) is 0 Å². The Bertz CT molecular complexity index is 433. The Morgan fingerprint density at radius 2 is 2.17 bits per heavy atom. The van der Waals surface area contributed by atoms with Gasteiger partial charge >= 0.3 is 0 Å². The number of phenolic OH excluding ortho intramolecular Hbond substituents is 1. The van der Waals surface area contributed by atoms with Crippen LogP contribution < -0.4 is 5.73 Å². The van der Waals surface area contributed by atoms with E-state index >= 15 is 0 Å². The summed E-state index contributed by atoms with van der Waals surface area (Å²) in [6.45, 7) is 1.97. The zero-order valence-corrected chi connectivity index (χ0v) is 7.48. The molecule has 0 aliphatic rings. The van der Waals surface area contributed by atoms with Crippen LogP contribution in [0, 0.1) is 6.92 Å². The van der Waals surface area contributed by atoms with Gasteiger partial charge in [0.2, 0.25) is 0 Å². The monoisotopic (exact) mass is 179 g/mol. The van der Waals surface area contributed by atoms with Gasteiger partial charge in [0.1, 0.15) is 5.75 Å². The van der Waals surface area contributed by atoms with Crippen LogP contribution in [-0.4, -0.2) is 5.11 Å². The first-order valence-electron chi connectivity index (χ1n) is 3.66. The summed E-state index contributed by atoms with van der Waals surface area (Å²) in [7, 11) is 0. The van der Waals surface area contributed by atoms with Crippen molar-refractivity contribution >= 4 is 26.4 Å². The van der Waals surface area contributed by atoms with Crippen molar-refractivity contribution in [3.05, 3.63) is 23.8 Å². The van der Waals surface area contributed by atoms with Crippen molar-refractivity contribution in [2.24, 2.45) is 0 Å². The van der Waals surface area contributed by atoms with Crippen molar-refractivity contribution in [1.82, 2.24) is 0 Å². The van der Waals surface area contributed by atoms with Crippen LogP contribution in [0.2, 0.25) is 0 Å². The molecule has 0 aliphatic carbocycles. The first kappa shape index (κ1) is 7.43. The molecule has 62 valence electrons. The molecule has 3 heteroatoms. The topological polar surface area (TPSA) is 46.2 Å². The number of nitrogens with two attached hydrogens (primary N) is 1. The number of hydrogen-bond donors (Lipinski definition) is 2. The van der Waals surface area contributed by atoms with Gasteiger partial charge in [-0.2, -0.15) is 0 Å². The van der Waals surface area contributed by atoms with E-state index in [1.807, 2.05) is 13.0 Å². The predicted octanol–water partition coefficient (Wildman–Crippen LogP) is 2.50. The molecule has 0 amide bonds. The minimum atomic E-state index is 0.295. The third-order valence-corrected chi connectivity index (χ3v) is 3.06. The summed E-state index contributed by atoms with van der Waals surface area (Å²) >= 11 is 1.55. The zero-order valence-electron chi connectivity index (χ0n) is 6.66. The molecule has 1 heterocycles. The number of benzene rings is 1. The van der Waals surface area contributed by atoms with Gasteiger partial charge in [-0.1, -0.05) is 0 Å². The van der Waals surface area contributed by atoms with Crippen molar-refractivity contribution in [1.29, 1.82) is 0 Å². The lowest BCUT2D eigenvalue weighted by Crippen LogP contribution is -1.80. The molecule has 0 saturated carbocycles. The summed E-state index contributed by atoms with van der Waals surface area (Å²) in [4.78, 5) is 0. The maximum Gasteiger partial charge on any atom is 0.116 e. The van der Waals surface area contributed by atoms with Crippen molar-refractivity contribution in [3.8, 4) is 5.75 Å². The fourth-order valence-electron chi connectivity index (χ4n) is 1.23. The number of fused-ring (bicyclic) bond motifs is 1.